The fourth-order valence-corrected chi connectivity index (χ4v) is 6.78. The van der Waals surface area contributed by atoms with E-state index in [0.717, 1.165) is 25.2 Å². The largest absolute Gasteiger partial charge is 0.408 e. The van der Waals surface area contributed by atoms with Crippen molar-refractivity contribution in [1.82, 2.24) is 10.2 Å². The summed E-state index contributed by atoms with van der Waals surface area (Å²) in [5, 5.41) is 11.4. The number of anilines is 1. The highest BCUT2D eigenvalue weighted by molar-refractivity contribution is 5.85. The number of aryl methyl sites for hydroxylation is 1. The average molecular weight is 399 g/mol. The number of hydrogen-bond acceptors (Lipinski definition) is 6. The first-order valence-corrected chi connectivity index (χ1v) is 10.3. The molecule has 0 aromatic carbocycles. The molecule has 27 heavy (non-hydrogen) atoms. The Labute approximate surface area is 168 Å². The van der Waals surface area contributed by atoms with Gasteiger partial charge in [0.15, 0.2) is 0 Å². The number of nitrogens with two attached hydrogens (primary N) is 1. The lowest BCUT2D eigenvalue weighted by atomic mass is 9.43. The molecule has 5 rings (SSSR count). The highest BCUT2D eigenvalue weighted by atomic mass is 35.5. The van der Waals surface area contributed by atoms with Crippen LogP contribution in [0.3, 0.4) is 0 Å². The van der Waals surface area contributed by atoms with E-state index >= 15 is 0 Å². The van der Waals surface area contributed by atoms with Crippen LogP contribution in [0, 0.1) is 16.7 Å². The monoisotopic (exact) mass is 398 g/mol. The van der Waals surface area contributed by atoms with Gasteiger partial charge in [0.05, 0.1) is 12.2 Å². The molecule has 2 unspecified atom stereocenters. The summed E-state index contributed by atoms with van der Waals surface area (Å²) >= 11 is 0. The van der Waals surface area contributed by atoms with Crippen molar-refractivity contribution >= 4 is 18.4 Å². The van der Waals surface area contributed by atoms with E-state index in [9.17, 15) is 0 Å². The van der Waals surface area contributed by atoms with Crippen LogP contribution in [0.2, 0.25) is 0 Å². The molecule has 6 nitrogen and oxygen atoms in total. The minimum Gasteiger partial charge on any atom is -0.408 e. The van der Waals surface area contributed by atoms with Gasteiger partial charge >= 0.3 is 6.01 Å². The molecule has 2 atom stereocenters. The summed E-state index contributed by atoms with van der Waals surface area (Å²) in [6.07, 6.45) is 10.7. The maximum absolute atomic E-state index is 6.51. The molecule has 0 saturated heterocycles. The molecule has 4 saturated carbocycles. The minimum absolute atomic E-state index is 0. The Morgan fingerprint density at radius 1 is 1.11 bits per heavy atom. The van der Waals surface area contributed by atoms with E-state index in [1.807, 2.05) is 0 Å². The van der Waals surface area contributed by atoms with Gasteiger partial charge in [-0.25, -0.2) is 0 Å². The van der Waals surface area contributed by atoms with Crippen molar-refractivity contribution in [3.63, 3.8) is 0 Å². The first-order chi connectivity index (χ1) is 12.4. The molecular weight excluding hydrogens is 364 g/mol. The molecule has 4 fully saturated rings. The van der Waals surface area contributed by atoms with Crippen LogP contribution in [-0.4, -0.2) is 35.5 Å². The Hall–Kier alpha value is -0.850. The van der Waals surface area contributed by atoms with E-state index in [-0.39, 0.29) is 18.0 Å². The third-order valence-electron chi connectivity index (χ3n) is 6.67. The first kappa shape index (κ1) is 20.9. The summed E-state index contributed by atoms with van der Waals surface area (Å²) in [4.78, 5) is 0. The number of halogens is 1. The predicted octanol–water partition coefficient (Wildman–Crippen LogP) is 3.95. The van der Waals surface area contributed by atoms with Crippen molar-refractivity contribution in [2.75, 3.05) is 25.0 Å². The number of aromatic nitrogens is 2. The molecule has 4 bridgehead atoms. The molecular formula is C20H35ClN4O2. The van der Waals surface area contributed by atoms with Gasteiger partial charge in [-0.3, -0.25) is 0 Å². The normalized spacial score (nSPS) is 36.6. The predicted molar refractivity (Wildman–Crippen MR) is 108 cm³/mol. The van der Waals surface area contributed by atoms with Crippen molar-refractivity contribution in [3.05, 3.63) is 5.89 Å². The van der Waals surface area contributed by atoms with Crippen LogP contribution in [0.5, 0.6) is 0 Å². The molecule has 4 aliphatic carbocycles. The highest BCUT2D eigenvalue weighted by Gasteiger charge is 2.60. The van der Waals surface area contributed by atoms with Crippen molar-refractivity contribution in [2.45, 2.75) is 77.2 Å². The van der Waals surface area contributed by atoms with Crippen molar-refractivity contribution in [3.8, 4) is 0 Å². The minimum atomic E-state index is 0. The molecule has 7 heteroatoms. The quantitative estimate of drug-likeness (QED) is 0.612. The van der Waals surface area contributed by atoms with E-state index in [0.29, 0.717) is 42.4 Å². The second-order valence-corrected chi connectivity index (χ2v) is 9.84. The van der Waals surface area contributed by atoms with Crippen molar-refractivity contribution in [2.24, 2.45) is 22.5 Å². The molecule has 0 radical (unpaired) electrons. The van der Waals surface area contributed by atoms with Crippen LogP contribution >= 0.6 is 12.4 Å². The van der Waals surface area contributed by atoms with Gasteiger partial charge in [0, 0.05) is 13.0 Å². The Morgan fingerprint density at radius 3 is 2.52 bits per heavy atom. The Morgan fingerprint density at radius 2 is 1.85 bits per heavy atom. The molecule has 154 valence electrons. The molecule has 3 N–H and O–H groups in total. The summed E-state index contributed by atoms with van der Waals surface area (Å²) in [6, 6.07) is 0.501. The Kier molecular flexibility index (Phi) is 6.09. The lowest BCUT2D eigenvalue weighted by Crippen LogP contribution is -2.59. The third kappa shape index (κ3) is 4.60. The summed E-state index contributed by atoms with van der Waals surface area (Å²) in [6.45, 7) is 7.08. The summed E-state index contributed by atoms with van der Waals surface area (Å²) in [5.74, 6) is 1.55. The smallest absolute Gasteiger partial charge is 0.315 e. The van der Waals surface area contributed by atoms with Crippen LogP contribution in [0.25, 0.3) is 0 Å². The van der Waals surface area contributed by atoms with E-state index < -0.39 is 0 Å². The van der Waals surface area contributed by atoms with Gasteiger partial charge in [-0.1, -0.05) is 18.9 Å². The molecule has 1 heterocycles. The molecule has 1 aromatic heterocycles. The second kappa shape index (κ2) is 7.88. The van der Waals surface area contributed by atoms with E-state index in [1.54, 1.807) is 0 Å². The lowest BCUT2D eigenvalue weighted by molar-refractivity contribution is -0.212. The van der Waals surface area contributed by atoms with Gasteiger partial charge in [-0.2, -0.15) is 0 Å². The number of hydrogen-bond donors (Lipinski definition) is 2. The summed E-state index contributed by atoms with van der Waals surface area (Å²) in [7, 11) is 0. The standard InChI is InChI=1S/C20H34N4O2.ClH/c1-18-9-15-10-19(2,12-18)14-20(11-15,13-18)25-8-7-22-17-24-23-16(26-17)5-3-4-6-21;/h15H,3-14,21H2,1-2H3,(H,22,24);1H. The van der Waals surface area contributed by atoms with Crippen LogP contribution in [-0.2, 0) is 11.2 Å². The summed E-state index contributed by atoms with van der Waals surface area (Å²) in [5.41, 5.74) is 6.60. The van der Waals surface area contributed by atoms with E-state index in [4.69, 9.17) is 14.9 Å². The van der Waals surface area contributed by atoms with E-state index in [1.165, 1.54) is 38.5 Å². The summed E-state index contributed by atoms with van der Waals surface area (Å²) < 4.78 is 12.1. The average Bonchev–Trinajstić information content (AvgIpc) is 2.96. The zero-order valence-electron chi connectivity index (χ0n) is 16.8. The first-order valence-electron chi connectivity index (χ1n) is 10.3. The fraction of sp³-hybridized carbons (Fsp3) is 0.900. The van der Waals surface area contributed by atoms with Gasteiger partial charge in [-0.15, -0.1) is 17.5 Å². The van der Waals surface area contributed by atoms with Crippen molar-refractivity contribution < 1.29 is 9.15 Å². The maximum Gasteiger partial charge on any atom is 0.315 e. The van der Waals surface area contributed by atoms with Crippen LogP contribution in [0.1, 0.15) is 71.1 Å². The second-order valence-electron chi connectivity index (χ2n) is 9.84. The van der Waals surface area contributed by atoms with Gasteiger partial charge in [0.2, 0.25) is 5.89 Å². The van der Waals surface area contributed by atoms with Gasteiger partial charge in [0.1, 0.15) is 0 Å². The lowest BCUT2D eigenvalue weighted by Gasteiger charge is -2.65. The van der Waals surface area contributed by atoms with Crippen LogP contribution in [0.4, 0.5) is 6.01 Å². The van der Waals surface area contributed by atoms with E-state index in [2.05, 4.69) is 29.4 Å². The third-order valence-corrected chi connectivity index (χ3v) is 6.67. The molecule has 1 aromatic rings. The molecule has 4 aliphatic rings. The van der Waals surface area contributed by atoms with Crippen molar-refractivity contribution in [1.29, 1.82) is 0 Å². The maximum atomic E-state index is 6.51. The fourth-order valence-electron chi connectivity index (χ4n) is 6.78. The number of rotatable bonds is 9. The van der Waals surface area contributed by atoms with Gasteiger partial charge < -0.3 is 20.2 Å². The highest BCUT2D eigenvalue weighted by Crippen LogP contribution is 2.67. The number of unbranched alkanes of at least 4 members (excludes halogenated alkanes) is 1. The van der Waals surface area contributed by atoms with Gasteiger partial charge in [0.25, 0.3) is 0 Å². The van der Waals surface area contributed by atoms with Crippen LogP contribution < -0.4 is 11.1 Å². The van der Waals surface area contributed by atoms with Crippen LogP contribution in [0.15, 0.2) is 4.42 Å². The molecule has 0 spiro atoms. The number of ether oxygens (including phenoxy) is 1. The molecule has 0 amide bonds. The Balaban J connectivity index is 0.00000210. The topological polar surface area (TPSA) is 86.2 Å². The number of nitrogens with zero attached hydrogens (tertiary/aromatic N) is 2. The zero-order chi connectivity index (χ0) is 18.3. The van der Waals surface area contributed by atoms with Gasteiger partial charge in [-0.05, 0) is 74.7 Å². The molecule has 0 aliphatic heterocycles. The SMILES string of the molecule is CC12CC3CC(C)(C1)CC(OCCNc1nnc(CCCCN)o1)(C3)C2.Cl. The number of nitrogens with one attached hydrogen (secondary N) is 1. The zero-order valence-corrected chi connectivity index (χ0v) is 17.6. The Bertz CT molecular complexity index is 619.